The van der Waals surface area contributed by atoms with E-state index in [4.69, 9.17) is 5.84 Å². The van der Waals surface area contributed by atoms with Crippen molar-refractivity contribution in [2.75, 3.05) is 5.43 Å². The van der Waals surface area contributed by atoms with E-state index < -0.39 is 0 Å². The third-order valence-corrected chi connectivity index (χ3v) is 3.52. The largest absolute Gasteiger partial charge is 0.349 e. The molecule has 112 valence electrons. The minimum atomic E-state index is 0.0145. The van der Waals surface area contributed by atoms with Crippen molar-refractivity contribution < 1.29 is 4.79 Å². The lowest BCUT2D eigenvalue weighted by Crippen LogP contribution is -2.35. The summed E-state index contributed by atoms with van der Waals surface area (Å²) in [5, 5.41) is 3.16. The molecule has 0 saturated carbocycles. The van der Waals surface area contributed by atoms with Gasteiger partial charge in [-0.1, -0.05) is 33.1 Å². The molecular weight excluding hydrogens is 250 g/mol. The zero-order valence-corrected chi connectivity index (χ0v) is 12.8. The van der Waals surface area contributed by atoms with E-state index in [1.54, 1.807) is 0 Å². The number of carbonyl (C=O) groups is 1. The number of carbonyl (C=O) groups excluding carboxylic acids is 1. The number of unbranched alkanes of at least 4 members (excludes halogenated alkanes) is 1. The van der Waals surface area contributed by atoms with Gasteiger partial charge in [-0.25, -0.2) is 0 Å². The van der Waals surface area contributed by atoms with Crippen LogP contribution < -0.4 is 16.6 Å². The van der Waals surface area contributed by atoms with Crippen LogP contribution in [0.1, 0.15) is 61.9 Å². The first kappa shape index (κ1) is 16.5. The van der Waals surface area contributed by atoms with Crippen LogP contribution >= 0.6 is 0 Å². The lowest BCUT2D eigenvalue weighted by molar-refractivity contribution is 0.0931. The van der Waals surface area contributed by atoms with Crippen LogP contribution in [0.3, 0.4) is 0 Å². The van der Waals surface area contributed by atoms with Gasteiger partial charge in [0.2, 0.25) is 0 Å². The molecule has 1 rings (SSSR count). The maximum absolute atomic E-state index is 12.4. The first-order valence-electron chi connectivity index (χ1n) is 7.50. The van der Waals surface area contributed by atoms with Gasteiger partial charge in [0.1, 0.15) is 0 Å². The second-order valence-corrected chi connectivity index (χ2v) is 5.28. The third-order valence-electron chi connectivity index (χ3n) is 3.52. The molecule has 4 nitrogen and oxygen atoms in total. The fourth-order valence-electron chi connectivity index (χ4n) is 2.36. The Balaban J connectivity index is 2.72. The summed E-state index contributed by atoms with van der Waals surface area (Å²) in [5.74, 6) is 5.38. The number of benzene rings is 1. The van der Waals surface area contributed by atoms with Gasteiger partial charge in [-0.2, -0.15) is 0 Å². The molecule has 0 aliphatic rings. The van der Waals surface area contributed by atoms with Crippen LogP contribution in [0.15, 0.2) is 18.2 Å². The van der Waals surface area contributed by atoms with Crippen molar-refractivity contribution in [2.24, 2.45) is 5.84 Å². The Morgan fingerprint density at radius 2 is 2.00 bits per heavy atom. The van der Waals surface area contributed by atoms with E-state index in [2.05, 4.69) is 24.6 Å². The minimum absolute atomic E-state index is 0.0145. The molecule has 4 heteroatoms. The van der Waals surface area contributed by atoms with Gasteiger partial charge >= 0.3 is 0 Å². The lowest BCUT2D eigenvalue weighted by Gasteiger charge is -2.18. The van der Waals surface area contributed by atoms with Crippen molar-refractivity contribution in [1.29, 1.82) is 0 Å². The first-order valence-corrected chi connectivity index (χ1v) is 7.50. The summed E-state index contributed by atoms with van der Waals surface area (Å²) in [7, 11) is 0. The Kier molecular flexibility index (Phi) is 7.09. The number of nitrogen functional groups attached to an aromatic ring is 1. The van der Waals surface area contributed by atoms with E-state index in [1.807, 2.05) is 25.1 Å². The fraction of sp³-hybridized carbons (Fsp3) is 0.562. The molecule has 0 spiro atoms. The summed E-state index contributed by atoms with van der Waals surface area (Å²) < 4.78 is 0. The summed E-state index contributed by atoms with van der Waals surface area (Å²) in [6.45, 7) is 6.25. The molecule has 1 aromatic rings. The average molecular weight is 277 g/mol. The van der Waals surface area contributed by atoms with E-state index >= 15 is 0 Å². The molecule has 4 N–H and O–H groups in total. The number of nitrogens with one attached hydrogen (secondary N) is 2. The average Bonchev–Trinajstić information content (AvgIpc) is 2.44. The quantitative estimate of drug-likeness (QED) is 0.504. The van der Waals surface area contributed by atoms with Crippen molar-refractivity contribution >= 4 is 11.6 Å². The van der Waals surface area contributed by atoms with Crippen molar-refractivity contribution in [1.82, 2.24) is 5.32 Å². The topological polar surface area (TPSA) is 67.2 Å². The molecule has 0 bridgehead atoms. The number of rotatable bonds is 8. The summed E-state index contributed by atoms with van der Waals surface area (Å²) in [5.41, 5.74) is 5.06. The Labute approximate surface area is 122 Å². The number of nitrogens with two attached hydrogens (primary N) is 1. The van der Waals surface area contributed by atoms with Gasteiger partial charge in [0, 0.05) is 17.3 Å². The van der Waals surface area contributed by atoms with Gasteiger partial charge < -0.3 is 10.7 Å². The molecular formula is C16H27N3O. The molecule has 0 aliphatic heterocycles. The molecule has 0 aromatic heterocycles. The summed E-state index contributed by atoms with van der Waals surface area (Å²) in [6.07, 6.45) is 5.49. The number of hydrogen-bond acceptors (Lipinski definition) is 3. The van der Waals surface area contributed by atoms with Crippen LogP contribution in [0.25, 0.3) is 0 Å². The van der Waals surface area contributed by atoms with Crippen LogP contribution in [0, 0.1) is 6.92 Å². The van der Waals surface area contributed by atoms with E-state index in [1.165, 1.54) is 0 Å². The second-order valence-electron chi connectivity index (χ2n) is 5.28. The molecule has 1 amide bonds. The van der Waals surface area contributed by atoms with Crippen molar-refractivity contribution in [2.45, 2.75) is 58.9 Å². The van der Waals surface area contributed by atoms with Gasteiger partial charge in [-0.05, 0) is 43.5 Å². The molecule has 0 saturated heterocycles. The molecule has 0 fully saturated rings. The van der Waals surface area contributed by atoms with Crippen molar-refractivity contribution in [3.63, 3.8) is 0 Å². The zero-order chi connectivity index (χ0) is 15.0. The van der Waals surface area contributed by atoms with Crippen LogP contribution in [0.4, 0.5) is 5.69 Å². The van der Waals surface area contributed by atoms with Gasteiger partial charge in [0.15, 0.2) is 0 Å². The highest BCUT2D eigenvalue weighted by Gasteiger charge is 2.14. The van der Waals surface area contributed by atoms with Crippen molar-refractivity contribution in [3.05, 3.63) is 29.3 Å². The minimum Gasteiger partial charge on any atom is -0.349 e. The molecule has 0 radical (unpaired) electrons. The number of aryl methyl sites for hydroxylation is 1. The summed E-state index contributed by atoms with van der Waals surface area (Å²) in [6, 6.07) is 5.81. The fourth-order valence-corrected chi connectivity index (χ4v) is 2.36. The SMILES string of the molecule is CCCCC(CCC)NC(=O)c1ccc(NN)cc1C. The van der Waals surface area contributed by atoms with Gasteiger partial charge in [-0.15, -0.1) is 0 Å². The predicted molar refractivity (Wildman–Crippen MR) is 84.7 cm³/mol. The van der Waals surface area contributed by atoms with E-state index in [9.17, 15) is 4.79 Å². The standard InChI is InChI=1S/C16H27N3O/c1-4-6-8-13(7-5-2)18-16(20)15-10-9-14(19-17)11-12(15)3/h9-11,13,19H,4-8,17H2,1-3H3,(H,18,20). The summed E-state index contributed by atoms with van der Waals surface area (Å²) in [4.78, 5) is 12.4. The molecule has 0 heterocycles. The highest BCUT2D eigenvalue weighted by Crippen LogP contribution is 2.15. The van der Waals surface area contributed by atoms with E-state index in [-0.39, 0.29) is 11.9 Å². The Hall–Kier alpha value is -1.55. The van der Waals surface area contributed by atoms with E-state index in [0.717, 1.165) is 48.9 Å². The van der Waals surface area contributed by atoms with Gasteiger partial charge in [0.25, 0.3) is 5.91 Å². The highest BCUT2D eigenvalue weighted by molar-refractivity contribution is 5.96. The third kappa shape index (κ3) is 4.85. The molecule has 0 aliphatic carbocycles. The Morgan fingerprint density at radius 1 is 1.25 bits per heavy atom. The molecule has 1 atom stereocenters. The van der Waals surface area contributed by atoms with Gasteiger partial charge in [0.05, 0.1) is 0 Å². The zero-order valence-electron chi connectivity index (χ0n) is 12.8. The number of hydrogen-bond donors (Lipinski definition) is 3. The van der Waals surface area contributed by atoms with Crippen molar-refractivity contribution in [3.8, 4) is 0 Å². The maximum atomic E-state index is 12.4. The number of hydrazine groups is 1. The first-order chi connectivity index (χ1) is 9.62. The summed E-state index contributed by atoms with van der Waals surface area (Å²) >= 11 is 0. The predicted octanol–water partition coefficient (Wildman–Crippen LogP) is 3.37. The van der Waals surface area contributed by atoms with Crippen LogP contribution in [0.2, 0.25) is 0 Å². The maximum Gasteiger partial charge on any atom is 0.251 e. The monoisotopic (exact) mass is 277 g/mol. The second kappa shape index (κ2) is 8.59. The molecule has 1 aromatic carbocycles. The Bertz CT molecular complexity index is 432. The Morgan fingerprint density at radius 3 is 2.55 bits per heavy atom. The number of amides is 1. The van der Waals surface area contributed by atoms with Crippen LogP contribution in [-0.2, 0) is 0 Å². The van der Waals surface area contributed by atoms with Crippen LogP contribution in [0.5, 0.6) is 0 Å². The lowest BCUT2D eigenvalue weighted by atomic mass is 10.0. The van der Waals surface area contributed by atoms with Crippen LogP contribution in [-0.4, -0.2) is 11.9 Å². The normalized spacial score (nSPS) is 12.0. The highest BCUT2D eigenvalue weighted by atomic mass is 16.1. The van der Waals surface area contributed by atoms with E-state index in [0.29, 0.717) is 0 Å². The smallest absolute Gasteiger partial charge is 0.251 e. The molecule has 20 heavy (non-hydrogen) atoms. The number of anilines is 1. The van der Waals surface area contributed by atoms with Gasteiger partial charge in [-0.3, -0.25) is 10.6 Å². The molecule has 1 unspecified atom stereocenters.